The number of rotatable bonds is 5. The van der Waals surface area contributed by atoms with Crippen LogP contribution in [0.15, 0.2) is 18.3 Å². The normalized spacial score (nSPS) is 18.0. The van der Waals surface area contributed by atoms with Gasteiger partial charge >= 0.3 is 0 Å². The summed E-state index contributed by atoms with van der Waals surface area (Å²) in [6.07, 6.45) is 3.51. The van der Waals surface area contributed by atoms with Crippen LogP contribution in [0.4, 0.5) is 5.82 Å². The number of nitrogens with zero attached hydrogens (tertiary/aromatic N) is 2. The number of nitrogens with two attached hydrogens (primary N) is 1. The van der Waals surface area contributed by atoms with Gasteiger partial charge < -0.3 is 16.0 Å². The highest BCUT2D eigenvalue weighted by atomic mass is 16.1. The number of aromatic nitrogens is 1. The molecule has 2 heterocycles. The molecular formula is C15H24N4O. The summed E-state index contributed by atoms with van der Waals surface area (Å²) < 4.78 is 0. The van der Waals surface area contributed by atoms with Gasteiger partial charge in [-0.05, 0) is 44.0 Å². The highest BCUT2D eigenvalue weighted by Crippen LogP contribution is 2.23. The van der Waals surface area contributed by atoms with Crippen molar-refractivity contribution < 1.29 is 4.79 Å². The van der Waals surface area contributed by atoms with Gasteiger partial charge in [0.1, 0.15) is 5.82 Å². The molecule has 0 aromatic carbocycles. The van der Waals surface area contributed by atoms with Gasteiger partial charge in [-0.15, -0.1) is 0 Å². The average Bonchev–Trinajstić information content (AvgIpc) is 2.48. The second-order valence-electron chi connectivity index (χ2n) is 5.39. The molecule has 5 heteroatoms. The maximum atomic E-state index is 11.2. The van der Waals surface area contributed by atoms with Gasteiger partial charge in [0.25, 0.3) is 0 Å². The third-order valence-corrected chi connectivity index (χ3v) is 4.00. The van der Waals surface area contributed by atoms with Crippen molar-refractivity contribution in [3.63, 3.8) is 0 Å². The molecule has 1 unspecified atom stereocenters. The molecular weight excluding hydrogens is 252 g/mol. The van der Waals surface area contributed by atoms with E-state index in [0.717, 1.165) is 38.3 Å². The molecule has 3 N–H and O–H groups in total. The zero-order valence-electron chi connectivity index (χ0n) is 12.3. The zero-order valence-corrected chi connectivity index (χ0v) is 12.3. The van der Waals surface area contributed by atoms with E-state index in [-0.39, 0.29) is 11.8 Å². The lowest BCUT2D eigenvalue weighted by atomic mass is 9.96. The number of carbonyl (C=O) groups is 1. The number of amides is 1. The maximum absolute atomic E-state index is 11.2. The van der Waals surface area contributed by atoms with Crippen LogP contribution in [0.1, 0.15) is 38.3 Å². The summed E-state index contributed by atoms with van der Waals surface area (Å²) in [7, 11) is 0. The number of piperidine rings is 1. The minimum absolute atomic E-state index is 0.0233. The summed E-state index contributed by atoms with van der Waals surface area (Å²) in [5, 5.41) is 3.41. The summed E-state index contributed by atoms with van der Waals surface area (Å²) in [6, 6.07) is 4.51. The van der Waals surface area contributed by atoms with Gasteiger partial charge in [-0.25, -0.2) is 4.98 Å². The fraction of sp³-hybridized carbons (Fsp3) is 0.600. The summed E-state index contributed by atoms with van der Waals surface area (Å²) in [4.78, 5) is 17.9. The molecule has 1 amide bonds. The van der Waals surface area contributed by atoms with Crippen molar-refractivity contribution in [2.24, 2.45) is 11.7 Å². The summed E-state index contributed by atoms with van der Waals surface area (Å²) >= 11 is 0. The Bertz CT molecular complexity index is 455. The Morgan fingerprint density at radius 1 is 1.55 bits per heavy atom. The maximum Gasteiger partial charge on any atom is 0.220 e. The van der Waals surface area contributed by atoms with Crippen LogP contribution >= 0.6 is 0 Å². The van der Waals surface area contributed by atoms with Crippen molar-refractivity contribution in [3.05, 3.63) is 23.9 Å². The molecule has 0 radical (unpaired) electrons. The molecule has 1 atom stereocenters. The monoisotopic (exact) mass is 276 g/mol. The molecule has 1 aliphatic rings. The molecule has 1 saturated heterocycles. The predicted octanol–water partition coefficient (Wildman–Crippen LogP) is 1.45. The first-order valence-corrected chi connectivity index (χ1v) is 7.35. The van der Waals surface area contributed by atoms with Crippen LogP contribution < -0.4 is 16.0 Å². The second kappa shape index (κ2) is 6.70. The molecule has 0 aliphatic carbocycles. The van der Waals surface area contributed by atoms with E-state index in [1.54, 1.807) is 0 Å². The van der Waals surface area contributed by atoms with Crippen LogP contribution in [0.25, 0.3) is 0 Å². The average molecular weight is 276 g/mol. The van der Waals surface area contributed by atoms with E-state index in [1.807, 2.05) is 12.3 Å². The van der Waals surface area contributed by atoms with Crippen LogP contribution in [0.5, 0.6) is 0 Å². The number of pyridine rings is 1. The number of anilines is 1. The van der Waals surface area contributed by atoms with Crippen LogP contribution in [0.3, 0.4) is 0 Å². The molecule has 110 valence electrons. The largest absolute Gasteiger partial charge is 0.369 e. The van der Waals surface area contributed by atoms with Gasteiger partial charge in [0.2, 0.25) is 5.91 Å². The number of primary amides is 1. The predicted molar refractivity (Wildman–Crippen MR) is 80.5 cm³/mol. The molecule has 0 bridgehead atoms. The molecule has 5 nitrogen and oxygen atoms in total. The first-order valence-electron chi connectivity index (χ1n) is 7.35. The highest BCUT2D eigenvalue weighted by molar-refractivity contribution is 5.76. The third-order valence-electron chi connectivity index (χ3n) is 4.00. The van der Waals surface area contributed by atoms with Crippen molar-refractivity contribution in [1.29, 1.82) is 0 Å². The van der Waals surface area contributed by atoms with Crippen molar-refractivity contribution in [3.8, 4) is 0 Å². The van der Waals surface area contributed by atoms with Gasteiger partial charge in [-0.1, -0.05) is 6.92 Å². The van der Waals surface area contributed by atoms with Crippen LogP contribution in [0, 0.1) is 5.92 Å². The lowest BCUT2D eigenvalue weighted by Crippen LogP contribution is -2.39. The fourth-order valence-electron chi connectivity index (χ4n) is 2.69. The van der Waals surface area contributed by atoms with Crippen molar-refractivity contribution in [2.45, 2.75) is 32.7 Å². The van der Waals surface area contributed by atoms with E-state index >= 15 is 0 Å². The smallest absolute Gasteiger partial charge is 0.220 e. The van der Waals surface area contributed by atoms with E-state index in [4.69, 9.17) is 5.73 Å². The first-order chi connectivity index (χ1) is 9.61. The molecule has 1 fully saturated rings. The molecule has 1 aromatic heterocycles. The molecule has 1 aliphatic heterocycles. The Morgan fingerprint density at radius 3 is 2.85 bits per heavy atom. The Labute approximate surface area is 120 Å². The lowest BCUT2D eigenvalue weighted by Gasteiger charge is -2.31. The van der Waals surface area contributed by atoms with Crippen LogP contribution in [0.2, 0.25) is 0 Å². The number of carbonyl (C=O) groups excluding carboxylic acids is 1. The van der Waals surface area contributed by atoms with Crippen molar-refractivity contribution >= 4 is 11.7 Å². The molecule has 20 heavy (non-hydrogen) atoms. The lowest BCUT2D eigenvalue weighted by molar-refractivity contribution is -0.122. The van der Waals surface area contributed by atoms with Gasteiger partial charge in [0.15, 0.2) is 0 Å². The number of hydrogen-bond donors (Lipinski definition) is 2. The first kappa shape index (κ1) is 14.8. The quantitative estimate of drug-likeness (QED) is 0.854. The summed E-state index contributed by atoms with van der Waals surface area (Å²) in [6.45, 7) is 6.90. The van der Waals surface area contributed by atoms with E-state index in [0.29, 0.717) is 6.04 Å². The molecule has 1 aromatic rings. The Morgan fingerprint density at radius 2 is 2.25 bits per heavy atom. The summed E-state index contributed by atoms with van der Waals surface area (Å²) in [5.74, 6) is 0.845. The van der Waals surface area contributed by atoms with Crippen LogP contribution in [-0.4, -0.2) is 30.5 Å². The Balaban J connectivity index is 2.03. The zero-order chi connectivity index (χ0) is 14.5. The van der Waals surface area contributed by atoms with Gasteiger partial charge in [0, 0.05) is 31.2 Å². The van der Waals surface area contributed by atoms with E-state index in [1.165, 1.54) is 5.56 Å². The molecule has 0 saturated carbocycles. The van der Waals surface area contributed by atoms with Crippen LogP contribution in [-0.2, 0) is 4.79 Å². The van der Waals surface area contributed by atoms with Crippen molar-refractivity contribution in [1.82, 2.24) is 10.3 Å². The fourth-order valence-corrected chi connectivity index (χ4v) is 2.69. The topological polar surface area (TPSA) is 71.2 Å². The highest BCUT2D eigenvalue weighted by Gasteiger charge is 2.23. The number of nitrogens with one attached hydrogen (secondary N) is 1. The minimum Gasteiger partial charge on any atom is -0.369 e. The summed E-state index contributed by atoms with van der Waals surface area (Å²) in [5.41, 5.74) is 6.61. The number of hydrogen-bond acceptors (Lipinski definition) is 4. The molecule has 2 rings (SSSR count). The van der Waals surface area contributed by atoms with Gasteiger partial charge in [-0.2, -0.15) is 0 Å². The Hall–Kier alpha value is -1.62. The van der Waals surface area contributed by atoms with E-state index in [9.17, 15) is 4.79 Å². The standard InChI is InChI=1S/C15H24N4O/c1-3-17-11(2)13-4-7-18-14(10-13)19-8-5-12(6-9-19)15(16)20/h4,7,10-12,17H,3,5-6,8-9H2,1-2H3,(H2,16,20). The minimum atomic E-state index is -0.174. The van der Waals surface area contributed by atoms with E-state index < -0.39 is 0 Å². The third kappa shape index (κ3) is 3.48. The Kier molecular flexibility index (Phi) is 4.95. The van der Waals surface area contributed by atoms with Gasteiger partial charge in [0.05, 0.1) is 0 Å². The van der Waals surface area contributed by atoms with E-state index in [2.05, 4.69) is 35.1 Å². The van der Waals surface area contributed by atoms with Gasteiger partial charge in [-0.3, -0.25) is 4.79 Å². The second-order valence-corrected chi connectivity index (χ2v) is 5.39. The van der Waals surface area contributed by atoms with Crippen molar-refractivity contribution in [2.75, 3.05) is 24.5 Å². The SMILES string of the molecule is CCNC(C)c1ccnc(N2CCC(C(N)=O)CC2)c1. The molecule has 0 spiro atoms.